The van der Waals surface area contributed by atoms with Crippen LogP contribution < -0.4 is 5.32 Å². The molecule has 2 nitrogen and oxygen atoms in total. The monoisotopic (exact) mass is 258 g/mol. The molecule has 0 amide bonds. The molecule has 19 heavy (non-hydrogen) atoms. The molecule has 3 heteroatoms. The van der Waals surface area contributed by atoms with Gasteiger partial charge in [-0.1, -0.05) is 24.3 Å². The number of hydrogen-bond acceptors (Lipinski definition) is 2. The standard InChI is InChI=1S/C16H19FN2/c1-12(11-14-7-3-4-8-15(14)17)19-13(2)16-9-5-6-10-18-16/h3-10,12-13,19H,11H2,1-2H3. The number of nitrogens with one attached hydrogen (secondary N) is 1. The van der Waals surface area contributed by atoms with Crippen molar-refractivity contribution in [2.45, 2.75) is 32.4 Å². The van der Waals surface area contributed by atoms with Crippen molar-refractivity contribution in [3.8, 4) is 0 Å². The highest BCUT2D eigenvalue weighted by Gasteiger charge is 2.12. The van der Waals surface area contributed by atoms with Gasteiger partial charge in [0.1, 0.15) is 5.82 Å². The molecular formula is C16H19FN2. The van der Waals surface area contributed by atoms with Crippen molar-refractivity contribution in [2.24, 2.45) is 0 Å². The molecular weight excluding hydrogens is 239 g/mol. The summed E-state index contributed by atoms with van der Waals surface area (Å²) in [4.78, 5) is 4.32. The number of pyridine rings is 1. The fourth-order valence-electron chi connectivity index (χ4n) is 2.20. The summed E-state index contributed by atoms with van der Waals surface area (Å²) in [5, 5.41) is 3.44. The molecule has 1 aromatic carbocycles. The predicted molar refractivity (Wildman–Crippen MR) is 75.4 cm³/mol. The largest absolute Gasteiger partial charge is 0.306 e. The highest BCUT2D eigenvalue weighted by Crippen LogP contribution is 2.13. The second kappa shape index (κ2) is 6.43. The molecule has 1 aromatic heterocycles. The Bertz CT molecular complexity index is 513. The van der Waals surface area contributed by atoms with Crippen molar-refractivity contribution in [3.63, 3.8) is 0 Å². The fraction of sp³-hybridized carbons (Fsp3) is 0.312. The van der Waals surface area contributed by atoms with Crippen LogP contribution in [0.5, 0.6) is 0 Å². The van der Waals surface area contributed by atoms with Crippen LogP contribution in [-0.4, -0.2) is 11.0 Å². The smallest absolute Gasteiger partial charge is 0.126 e. The van der Waals surface area contributed by atoms with Crippen LogP contribution in [0, 0.1) is 5.82 Å². The molecule has 0 bridgehead atoms. The predicted octanol–water partition coefficient (Wildman–Crippen LogP) is 3.50. The zero-order chi connectivity index (χ0) is 13.7. The Hall–Kier alpha value is -1.74. The van der Waals surface area contributed by atoms with E-state index in [1.165, 1.54) is 6.07 Å². The Labute approximate surface area is 113 Å². The molecule has 0 spiro atoms. The quantitative estimate of drug-likeness (QED) is 0.887. The first-order valence-corrected chi connectivity index (χ1v) is 6.57. The topological polar surface area (TPSA) is 24.9 Å². The van der Waals surface area contributed by atoms with E-state index in [-0.39, 0.29) is 17.9 Å². The maximum absolute atomic E-state index is 13.6. The van der Waals surface area contributed by atoms with Gasteiger partial charge < -0.3 is 5.32 Å². The van der Waals surface area contributed by atoms with E-state index in [1.54, 1.807) is 12.3 Å². The lowest BCUT2D eigenvalue weighted by molar-refractivity contribution is 0.463. The minimum atomic E-state index is -0.137. The first-order chi connectivity index (χ1) is 9.16. The van der Waals surface area contributed by atoms with Crippen LogP contribution in [0.4, 0.5) is 4.39 Å². The molecule has 1 N–H and O–H groups in total. The second-order valence-corrected chi connectivity index (χ2v) is 4.84. The van der Waals surface area contributed by atoms with Gasteiger partial charge in [-0.3, -0.25) is 4.98 Å². The Morgan fingerprint density at radius 1 is 1.11 bits per heavy atom. The molecule has 0 aliphatic carbocycles. The number of halogens is 1. The Kier molecular flexibility index (Phi) is 4.63. The lowest BCUT2D eigenvalue weighted by Crippen LogP contribution is -2.31. The van der Waals surface area contributed by atoms with Gasteiger partial charge in [0.25, 0.3) is 0 Å². The van der Waals surface area contributed by atoms with Gasteiger partial charge >= 0.3 is 0 Å². The number of benzene rings is 1. The average Bonchev–Trinajstić information content (AvgIpc) is 2.42. The number of aromatic nitrogens is 1. The zero-order valence-corrected chi connectivity index (χ0v) is 11.3. The fourth-order valence-corrected chi connectivity index (χ4v) is 2.20. The Balaban J connectivity index is 1.95. The number of hydrogen-bond donors (Lipinski definition) is 1. The van der Waals surface area contributed by atoms with Gasteiger partial charge in [0.2, 0.25) is 0 Å². The average molecular weight is 258 g/mol. The minimum absolute atomic E-state index is 0.137. The van der Waals surface area contributed by atoms with Gasteiger partial charge in [0.15, 0.2) is 0 Å². The van der Waals surface area contributed by atoms with Crippen molar-refractivity contribution < 1.29 is 4.39 Å². The Morgan fingerprint density at radius 3 is 2.53 bits per heavy atom. The number of nitrogens with zero attached hydrogens (tertiary/aromatic N) is 1. The van der Waals surface area contributed by atoms with Gasteiger partial charge in [0, 0.05) is 18.3 Å². The molecule has 0 saturated heterocycles. The van der Waals surface area contributed by atoms with Crippen molar-refractivity contribution >= 4 is 0 Å². The second-order valence-electron chi connectivity index (χ2n) is 4.84. The van der Waals surface area contributed by atoms with E-state index in [2.05, 4.69) is 24.1 Å². The third-order valence-corrected chi connectivity index (χ3v) is 3.15. The minimum Gasteiger partial charge on any atom is -0.306 e. The summed E-state index contributed by atoms with van der Waals surface area (Å²) in [6.07, 6.45) is 2.46. The molecule has 2 unspecified atom stereocenters. The summed E-state index contributed by atoms with van der Waals surface area (Å²) < 4.78 is 13.6. The van der Waals surface area contributed by atoms with Gasteiger partial charge in [-0.05, 0) is 44.0 Å². The molecule has 2 aromatic rings. The normalized spacial score (nSPS) is 14.1. The number of rotatable bonds is 5. The van der Waals surface area contributed by atoms with E-state index < -0.39 is 0 Å². The summed E-state index contributed by atoms with van der Waals surface area (Å²) in [6.45, 7) is 4.13. The van der Waals surface area contributed by atoms with Crippen molar-refractivity contribution in [2.75, 3.05) is 0 Å². The first kappa shape index (κ1) is 13.7. The summed E-state index contributed by atoms with van der Waals surface area (Å²) in [5.74, 6) is -0.137. The molecule has 0 aliphatic heterocycles. The van der Waals surface area contributed by atoms with E-state index >= 15 is 0 Å². The van der Waals surface area contributed by atoms with Crippen molar-refractivity contribution in [1.82, 2.24) is 10.3 Å². The van der Waals surface area contributed by atoms with Crippen LogP contribution in [0.15, 0.2) is 48.7 Å². The van der Waals surface area contributed by atoms with Gasteiger partial charge in [-0.2, -0.15) is 0 Å². The maximum Gasteiger partial charge on any atom is 0.126 e. The molecule has 0 saturated carbocycles. The third kappa shape index (κ3) is 3.86. The SMILES string of the molecule is CC(Cc1ccccc1F)NC(C)c1ccccn1. The molecule has 100 valence electrons. The first-order valence-electron chi connectivity index (χ1n) is 6.57. The van der Waals surface area contributed by atoms with Crippen LogP contribution in [0.3, 0.4) is 0 Å². The van der Waals surface area contributed by atoms with Crippen molar-refractivity contribution in [3.05, 3.63) is 65.7 Å². The summed E-state index contributed by atoms with van der Waals surface area (Å²) >= 11 is 0. The van der Waals surface area contributed by atoms with Gasteiger partial charge in [0.05, 0.1) is 5.69 Å². The van der Waals surface area contributed by atoms with Crippen LogP contribution in [0.25, 0.3) is 0 Å². The van der Waals surface area contributed by atoms with E-state index in [9.17, 15) is 4.39 Å². The van der Waals surface area contributed by atoms with E-state index in [0.29, 0.717) is 6.42 Å². The third-order valence-electron chi connectivity index (χ3n) is 3.15. The van der Waals surface area contributed by atoms with Crippen molar-refractivity contribution in [1.29, 1.82) is 0 Å². The highest BCUT2D eigenvalue weighted by atomic mass is 19.1. The van der Waals surface area contributed by atoms with E-state index in [0.717, 1.165) is 11.3 Å². The lowest BCUT2D eigenvalue weighted by Gasteiger charge is -2.20. The van der Waals surface area contributed by atoms with E-state index in [4.69, 9.17) is 0 Å². The van der Waals surface area contributed by atoms with Crippen LogP contribution in [-0.2, 0) is 6.42 Å². The molecule has 2 atom stereocenters. The molecule has 0 radical (unpaired) electrons. The maximum atomic E-state index is 13.6. The van der Waals surface area contributed by atoms with E-state index in [1.807, 2.05) is 30.3 Å². The van der Waals surface area contributed by atoms with Gasteiger partial charge in [-0.25, -0.2) is 4.39 Å². The molecule has 0 aliphatic rings. The summed E-state index contributed by atoms with van der Waals surface area (Å²) in [5.41, 5.74) is 1.75. The van der Waals surface area contributed by atoms with Crippen LogP contribution in [0.1, 0.15) is 31.1 Å². The van der Waals surface area contributed by atoms with Crippen LogP contribution in [0.2, 0.25) is 0 Å². The highest BCUT2D eigenvalue weighted by molar-refractivity contribution is 5.18. The molecule has 1 heterocycles. The molecule has 2 rings (SSSR count). The molecule has 0 fully saturated rings. The van der Waals surface area contributed by atoms with Crippen LogP contribution >= 0.6 is 0 Å². The zero-order valence-electron chi connectivity index (χ0n) is 11.3. The summed E-state index contributed by atoms with van der Waals surface area (Å²) in [7, 11) is 0. The lowest BCUT2D eigenvalue weighted by atomic mass is 10.1. The van der Waals surface area contributed by atoms with Gasteiger partial charge in [-0.15, -0.1) is 0 Å². The summed E-state index contributed by atoms with van der Waals surface area (Å²) in [6, 6.07) is 13.1. The Morgan fingerprint density at radius 2 is 1.84 bits per heavy atom.